The summed E-state index contributed by atoms with van der Waals surface area (Å²) in [5.41, 5.74) is 1.96. The van der Waals surface area contributed by atoms with Gasteiger partial charge in [-0.25, -0.2) is 0 Å². The zero-order chi connectivity index (χ0) is 15.2. The number of anilines is 2. The molecule has 116 valence electrons. The molecule has 1 aliphatic heterocycles. The normalized spacial score (nSPS) is 18.2. The van der Waals surface area contributed by atoms with Crippen LogP contribution in [-0.2, 0) is 4.79 Å². The summed E-state index contributed by atoms with van der Waals surface area (Å²) in [5, 5.41) is 6.38. The largest absolute Gasteiger partial charge is 0.382 e. The standard InChI is InChI=1S/C17H27N3O/c1-4-20-11-9-15(10-12-20)13(2)18-16-5-7-17(8-6-16)19-14(3)21/h5-8,13,15,18H,4,9-12H2,1-3H3,(H,19,21). The second kappa shape index (κ2) is 7.46. The third-order valence-corrected chi connectivity index (χ3v) is 4.39. The van der Waals surface area contributed by atoms with Crippen LogP contribution in [0.3, 0.4) is 0 Å². The molecule has 0 aromatic heterocycles. The van der Waals surface area contributed by atoms with E-state index in [2.05, 4.69) is 29.4 Å². The molecule has 1 heterocycles. The lowest BCUT2D eigenvalue weighted by atomic mass is 9.90. The van der Waals surface area contributed by atoms with Crippen molar-refractivity contribution >= 4 is 17.3 Å². The van der Waals surface area contributed by atoms with Crippen molar-refractivity contribution < 1.29 is 4.79 Å². The van der Waals surface area contributed by atoms with Crippen LogP contribution in [0.2, 0.25) is 0 Å². The number of nitrogens with zero attached hydrogens (tertiary/aromatic N) is 1. The van der Waals surface area contributed by atoms with Crippen LogP contribution >= 0.6 is 0 Å². The quantitative estimate of drug-likeness (QED) is 0.875. The van der Waals surface area contributed by atoms with Gasteiger partial charge in [0.25, 0.3) is 0 Å². The number of carbonyl (C=O) groups is 1. The van der Waals surface area contributed by atoms with Crippen molar-refractivity contribution in [3.8, 4) is 0 Å². The number of likely N-dealkylation sites (tertiary alicyclic amines) is 1. The molecule has 0 spiro atoms. The summed E-state index contributed by atoms with van der Waals surface area (Å²) < 4.78 is 0. The van der Waals surface area contributed by atoms with Crippen LogP contribution in [0, 0.1) is 5.92 Å². The van der Waals surface area contributed by atoms with Gasteiger partial charge >= 0.3 is 0 Å². The second-order valence-corrected chi connectivity index (χ2v) is 5.96. The lowest BCUT2D eigenvalue weighted by Gasteiger charge is -2.34. The third kappa shape index (κ3) is 4.74. The number of amides is 1. The second-order valence-electron chi connectivity index (χ2n) is 5.96. The number of nitrogens with one attached hydrogen (secondary N) is 2. The van der Waals surface area contributed by atoms with E-state index in [0.29, 0.717) is 6.04 Å². The Kier molecular flexibility index (Phi) is 5.62. The predicted molar refractivity (Wildman–Crippen MR) is 88.7 cm³/mol. The molecule has 0 aliphatic carbocycles. The van der Waals surface area contributed by atoms with E-state index >= 15 is 0 Å². The Morgan fingerprint density at radius 2 is 1.81 bits per heavy atom. The molecule has 1 fully saturated rings. The van der Waals surface area contributed by atoms with Crippen LogP contribution in [0.15, 0.2) is 24.3 Å². The smallest absolute Gasteiger partial charge is 0.221 e. The molecule has 2 N–H and O–H groups in total. The molecule has 21 heavy (non-hydrogen) atoms. The highest BCUT2D eigenvalue weighted by molar-refractivity contribution is 5.88. The van der Waals surface area contributed by atoms with Crippen LogP contribution in [0.1, 0.15) is 33.6 Å². The van der Waals surface area contributed by atoms with E-state index in [-0.39, 0.29) is 5.91 Å². The first kappa shape index (κ1) is 15.8. The van der Waals surface area contributed by atoms with Crippen LogP contribution in [0.5, 0.6) is 0 Å². The predicted octanol–water partition coefficient (Wildman–Crippen LogP) is 3.18. The van der Waals surface area contributed by atoms with Crippen LogP contribution in [-0.4, -0.2) is 36.5 Å². The minimum atomic E-state index is -0.0354. The fourth-order valence-electron chi connectivity index (χ4n) is 3.00. The van der Waals surface area contributed by atoms with Crippen molar-refractivity contribution in [2.75, 3.05) is 30.3 Å². The lowest BCUT2D eigenvalue weighted by molar-refractivity contribution is -0.114. The maximum absolute atomic E-state index is 11.0. The molecule has 1 aromatic rings. The number of hydrogen-bond acceptors (Lipinski definition) is 3. The van der Waals surface area contributed by atoms with Crippen LogP contribution < -0.4 is 10.6 Å². The van der Waals surface area contributed by atoms with E-state index in [1.807, 2.05) is 24.3 Å². The summed E-state index contributed by atoms with van der Waals surface area (Å²) in [6.07, 6.45) is 2.54. The van der Waals surface area contributed by atoms with Crippen molar-refractivity contribution in [3.63, 3.8) is 0 Å². The van der Waals surface area contributed by atoms with Gasteiger partial charge in [0.15, 0.2) is 0 Å². The summed E-state index contributed by atoms with van der Waals surface area (Å²) in [4.78, 5) is 13.5. The molecular formula is C17H27N3O. The van der Waals surface area contributed by atoms with Gasteiger partial charge < -0.3 is 15.5 Å². The van der Waals surface area contributed by atoms with Crippen LogP contribution in [0.25, 0.3) is 0 Å². The minimum Gasteiger partial charge on any atom is -0.382 e. The molecule has 1 aromatic carbocycles. The van der Waals surface area contributed by atoms with Gasteiger partial charge in [-0.05, 0) is 69.6 Å². The average molecular weight is 289 g/mol. The van der Waals surface area contributed by atoms with Crippen LogP contribution in [0.4, 0.5) is 11.4 Å². The first-order valence-electron chi connectivity index (χ1n) is 7.95. The van der Waals surface area contributed by atoms with Gasteiger partial charge in [-0.15, -0.1) is 0 Å². The molecule has 1 aliphatic rings. The van der Waals surface area contributed by atoms with E-state index in [0.717, 1.165) is 17.3 Å². The Balaban J connectivity index is 1.85. The topological polar surface area (TPSA) is 44.4 Å². The maximum Gasteiger partial charge on any atom is 0.221 e. The molecule has 0 radical (unpaired) electrons. The average Bonchev–Trinajstić information content (AvgIpc) is 2.49. The molecule has 4 nitrogen and oxygen atoms in total. The van der Waals surface area contributed by atoms with Crippen molar-refractivity contribution in [2.24, 2.45) is 5.92 Å². The fourth-order valence-corrected chi connectivity index (χ4v) is 3.00. The van der Waals surface area contributed by atoms with E-state index in [1.54, 1.807) is 0 Å². The number of hydrogen-bond donors (Lipinski definition) is 2. The number of carbonyl (C=O) groups excluding carboxylic acids is 1. The van der Waals surface area contributed by atoms with Gasteiger partial charge in [-0.2, -0.15) is 0 Å². The van der Waals surface area contributed by atoms with Gasteiger partial charge in [0.1, 0.15) is 0 Å². The maximum atomic E-state index is 11.0. The zero-order valence-corrected chi connectivity index (χ0v) is 13.4. The SMILES string of the molecule is CCN1CCC(C(C)Nc2ccc(NC(C)=O)cc2)CC1. The molecule has 0 saturated carbocycles. The van der Waals surface area contributed by atoms with Crippen molar-refractivity contribution in [1.82, 2.24) is 4.90 Å². The highest BCUT2D eigenvalue weighted by atomic mass is 16.1. The molecule has 4 heteroatoms. The molecule has 1 saturated heterocycles. The van der Waals surface area contributed by atoms with E-state index < -0.39 is 0 Å². The Morgan fingerprint density at radius 1 is 1.24 bits per heavy atom. The van der Waals surface area contributed by atoms with Gasteiger partial charge in [-0.1, -0.05) is 6.92 Å². The summed E-state index contributed by atoms with van der Waals surface area (Å²) in [7, 11) is 0. The molecule has 0 bridgehead atoms. The van der Waals surface area contributed by atoms with Crippen molar-refractivity contribution in [3.05, 3.63) is 24.3 Å². The summed E-state index contributed by atoms with van der Waals surface area (Å²) in [5.74, 6) is 0.703. The first-order valence-corrected chi connectivity index (χ1v) is 7.95. The summed E-state index contributed by atoms with van der Waals surface area (Å²) in [6.45, 7) is 9.63. The summed E-state index contributed by atoms with van der Waals surface area (Å²) in [6, 6.07) is 8.42. The molecule has 1 unspecified atom stereocenters. The highest BCUT2D eigenvalue weighted by Crippen LogP contribution is 2.23. The monoisotopic (exact) mass is 289 g/mol. The highest BCUT2D eigenvalue weighted by Gasteiger charge is 2.22. The fraction of sp³-hybridized carbons (Fsp3) is 0.588. The number of rotatable bonds is 5. The van der Waals surface area contributed by atoms with Gasteiger partial charge in [0, 0.05) is 24.3 Å². The Bertz CT molecular complexity index is 450. The molecule has 1 atom stereocenters. The third-order valence-electron chi connectivity index (χ3n) is 4.39. The molecule has 1 amide bonds. The van der Waals surface area contributed by atoms with Gasteiger partial charge in [-0.3, -0.25) is 4.79 Å². The van der Waals surface area contributed by atoms with E-state index in [1.165, 1.54) is 39.4 Å². The van der Waals surface area contributed by atoms with E-state index in [9.17, 15) is 4.79 Å². The number of benzene rings is 1. The Morgan fingerprint density at radius 3 is 2.33 bits per heavy atom. The zero-order valence-electron chi connectivity index (χ0n) is 13.4. The Hall–Kier alpha value is -1.55. The Labute approximate surface area is 127 Å². The van der Waals surface area contributed by atoms with Crippen molar-refractivity contribution in [1.29, 1.82) is 0 Å². The van der Waals surface area contributed by atoms with E-state index in [4.69, 9.17) is 0 Å². The van der Waals surface area contributed by atoms with Crippen molar-refractivity contribution in [2.45, 2.75) is 39.7 Å². The van der Waals surface area contributed by atoms with Gasteiger partial charge in [0.2, 0.25) is 5.91 Å². The lowest BCUT2D eigenvalue weighted by Crippen LogP contribution is -2.39. The minimum absolute atomic E-state index is 0.0354. The van der Waals surface area contributed by atoms with Gasteiger partial charge in [0.05, 0.1) is 0 Å². The molecular weight excluding hydrogens is 262 g/mol. The number of piperidine rings is 1. The first-order chi connectivity index (χ1) is 10.1. The molecule has 2 rings (SSSR count). The summed E-state index contributed by atoms with van der Waals surface area (Å²) >= 11 is 0.